The molecule has 0 aliphatic rings. The molecule has 4 heteroatoms. The van der Waals surface area contributed by atoms with E-state index in [0.29, 0.717) is 17.9 Å². The van der Waals surface area contributed by atoms with Gasteiger partial charge in [-0.15, -0.1) is 11.6 Å². The zero-order valence-corrected chi connectivity index (χ0v) is 12.5. The molecule has 0 aromatic rings. The van der Waals surface area contributed by atoms with Gasteiger partial charge in [-0.2, -0.15) is 0 Å². The smallest absolute Gasteiger partial charge is 0.150 e. The SMILES string of the molecule is CCCS(=O)(=O)CCCCC(Cl)C(C)(C)C. The van der Waals surface area contributed by atoms with Gasteiger partial charge in [-0.1, -0.05) is 34.1 Å². The van der Waals surface area contributed by atoms with Crippen molar-refractivity contribution in [3.05, 3.63) is 0 Å². The van der Waals surface area contributed by atoms with Crippen molar-refractivity contribution >= 4 is 21.4 Å². The fourth-order valence-corrected chi connectivity index (χ4v) is 3.12. The second kappa shape index (κ2) is 6.85. The quantitative estimate of drug-likeness (QED) is 0.522. The van der Waals surface area contributed by atoms with Crippen molar-refractivity contribution in [3.63, 3.8) is 0 Å². The van der Waals surface area contributed by atoms with Crippen molar-refractivity contribution in [2.24, 2.45) is 5.41 Å². The Bertz CT molecular complexity index is 278. The number of halogens is 1. The maximum atomic E-state index is 11.4. The highest BCUT2D eigenvalue weighted by atomic mass is 35.5. The largest absolute Gasteiger partial charge is 0.229 e. The van der Waals surface area contributed by atoms with E-state index in [2.05, 4.69) is 20.8 Å². The summed E-state index contributed by atoms with van der Waals surface area (Å²) in [7, 11) is -2.81. The molecule has 16 heavy (non-hydrogen) atoms. The Hall–Kier alpha value is 0.240. The van der Waals surface area contributed by atoms with Crippen LogP contribution >= 0.6 is 11.6 Å². The molecule has 0 fully saturated rings. The third-order valence-corrected chi connectivity index (χ3v) is 5.43. The maximum absolute atomic E-state index is 11.4. The minimum Gasteiger partial charge on any atom is -0.229 e. The summed E-state index contributed by atoms with van der Waals surface area (Å²) in [5, 5.41) is 0.126. The summed E-state index contributed by atoms with van der Waals surface area (Å²) in [4.78, 5) is 0. The van der Waals surface area contributed by atoms with Gasteiger partial charge in [0.05, 0.1) is 5.75 Å². The van der Waals surface area contributed by atoms with Crippen LogP contribution in [0.4, 0.5) is 0 Å². The Kier molecular flexibility index (Phi) is 6.95. The lowest BCUT2D eigenvalue weighted by Gasteiger charge is -2.24. The molecule has 1 atom stereocenters. The number of sulfone groups is 1. The van der Waals surface area contributed by atoms with Crippen molar-refractivity contribution < 1.29 is 8.42 Å². The molecule has 0 saturated carbocycles. The molecule has 0 aromatic heterocycles. The van der Waals surface area contributed by atoms with E-state index in [9.17, 15) is 8.42 Å². The molecule has 0 saturated heterocycles. The molecule has 0 N–H and O–H groups in total. The highest BCUT2D eigenvalue weighted by Crippen LogP contribution is 2.28. The van der Waals surface area contributed by atoms with Crippen LogP contribution in [0.3, 0.4) is 0 Å². The second-order valence-corrected chi connectivity index (χ2v) is 8.31. The maximum Gasteiger partial charge on any atom is 0.150 e. The Balaban J connectivity index is 3.77. The third kappa shape index (κ3) is 7.50. The number of hydrogen-bond acceptors (Lipinski definition) is 2. The molecule has 0 aromatic carbocycles. The van der Waals surface area contributed by atoms with Gasteiger partial charge in [0.2, 0.25) is 0 Å². The monoisotopic (exact) mass is 268 g/mol. The molecule has 0 bridgehead atoms. The van der Waals surface area contributed by atoms with Gasteiger partial charge in [0.1, 0.15) is 9.84 Å². The molecule has 0 radical (unpaired) electrons. The molecule has 0 rings (SSSR count). The summed E-state index contributed by atoms with van der Waals surface area (Å²) in [5.41, 5.74) is 0.101. The summed E-state index contributed by atoms with van der Waals surface area (Å²) in [6.07, 6.45) is 3.24. The Morgan fingerprint density at radius 1 is 1.12 bits per heavy atom. The van der Waals surface area contributed by atoms with Crippen LogP contribution in [0.25, 0.3) is 0 Å². The number of hydrogen-bond donors (Lipinski definition) is 0. The third-order valence-electron chi connectivity index (χ3n) is 2.62. The molecule has 1 unspecified atom stereocenters. The predicted octanol–water partition coefficient (Wildman–Crippen LogP) is 3.64. The first-order chi connectivity index (χ1) is 7.19. The van der Waals surface area contributed by atoms with Gasteiger partial charge in [-0.05, 0) is 24.7 Å². The molecule has 98 valence electrons. The van der Waals surface area contributed by atoms with E-state index in [1.165, 1.54) is 0 Å². The lowest BCUT2D eigenvalue weighted by atomic mass is 9.89. The normalized spacial score (nSPS) is 15.1. The lowest BCUT2D eigenvalue weighted by molar-refractivity contribution is 0.368. The van der Waals surface area contributed by atoms with Crippen LogP contribution in [0.15, 0.2) is 0 Å². The van der Waals surface area contributed by atoms with Gasteiger partial charge in [0, 0.05) is 11.1 Å². The van der Waals surface area contributed by atoms with E-state index in [-0.39, 0.29) is 10.8 Å². The molecule has 0 aliphatic carbocycles. The van der Waals surface area contributed by atoms with Crippen LogP contribution in [0.2, 0.25) is 0 Å². The van der Waals surface area contributed by atoms with E-state index in [4.69, 9.17) is 11.6 Å². The summed E-state index contributed by atoms with van der Waals surface area (Å²) >= 11 is 6.22. The molecule has 2 nitrogen and oxygen atoms in total. The van der Waals surface area contributed by atoms with Crippen LogP contribution in [0.5, 0.6) is 0 Å². The van der Waals surface area contributed by atoms with Crippen LogP contribution in [0, 0.1) is 5.41 Å². The van der Waals surface area contributed by atoms with E-state index in [0.717, 1.165) is 19.3 Å². The van der Waals surface area contributed by atoms with Gasteiger partial charge in [0.15, 0.2) is 0 Å². The first kappa shape index (κ1) is 16.2. The van der Waals surface area contributed by atoms with Crippen molar-refractivity contribution in [2.75, 3.05) is 11.5 Å². The Labute approximate surface area is 106 Å². The average molecular weight is 269 g/mol. The first-order valence-electron chi connectivity index (χ1n) is 6.03. The summed E-state index contributed by atoms with van der Waals surface area (Å²) in [6.45, 7) is 8.22. The Morgan fingerprint density at radius 3 is 2.12 bits per heavy atom. The topological polar surface area (TPSA) is 34.1 Å². The van der Waals surface area contributed by atoms with Crippen molar-refractivity contribution in [1.82, 2.24) is 0 Å². The number of rotatable bonds is 7. The summed E-state index contributed by atoms with van der Waals surface area (Å²) in [5.74, 6) is 0.630. The molecule has 0 heterocycles. The van der Waals surface area contributed by atoms with Crippen LogP contribution < -0.4 is 0 Å². The highest BCUT2D eigenvalue weighted by Gasteiger charge is 2.21. The highest BCUT2D eigenvalue weighted by molar-refractivity contribution is 7.91. The molecule has 0 aliphatic heterocycles. The van der Waals surface area contributed by atoms with Gasteiger partial charge < -0.3 is 0 Å². The predicted molar refractivity (Wildman–Crippen MR) is 71.9 cm³/mol. The Morgan fingerprint density at radius 2 is 1.69 bits per heavy atom. The molecule has 0 spiro atoms. The van der Waals surface area contributed by atoms with Gasteiger partial charge in [-0.25, -0.2) is 8.42 Å². The lowest BCUT2D eigenvalue weighted by Crippen LogP contribution is -2.20. The van der Waals surface area contributed by atoms with Crippen LogP contribution in [-0.2, 0) is 9.84 Å². The zero-order valence-electron chi connectivity index (χ0n) is 10.9. The molecular formula is C12H25ClO2S. The van der Waals surface area contributed by atoms with Crippen LogP contribution in [-0.4, -0.2) is 25.3 Å². The van der Waals surface area contributed by atoms with E-state index in [1.54, 1.807) is 0 Å². The zero-order chi connectivity index (χ0) is 12.8. The first-order valence-corrected chi connectivity index (χ1v) is 8.29. The van der Waals surface area contributed by atoms with Crippen molar-refractivity contribution in [3.8, 4) is 0 Å². The van der Waals surface area contributed by atoms with Gasteiger partial charge in [-0.3, -0.25) is 0 Å². The van der Waals surface area contributed by atoms with E-state index >= 15 is 0 Å². The fraction of sp³-hybridized carbons (Fsp3) is 1.00. The average Bonchev–Trinajstić information content (AvgIpc) is 2.10. The number of alkyl halides is 1. The second-order valence-electron chi connectivity index (χ2n) is 5.48. The van der Waals surface area contributed by atoms with Gasteiger partial charge in [0.25, 0.3) is 0 Å². The van der Waals surface area contributed by atoms with Crippen LogP contribution in [0.1, 0.15) is 53.4 Å². The van der Waals surface area contributed by atoms with E-state index in [1.807, 2.05) is 6.92 Å². The summed E-state index contributed by atoms with van der Waals surface area (Å²) in [6, 6.07) is 0. The molecular weight excluding hydrogens is 244 g/mol. The fourth-order valence-electron chi connectivity index (χ4n) is 1.49. The standard InChI is InChI=1S/C12H25ClO2S/c1-5-9-16(14,15)10-7-6-8-11(13)12(2,3)4/h11H,5-10H2,1-4H3. The van der Waals surface area contributed by atoms with E-state index < -0.39 is 9.84 Å². The van der Waals surface area contributed by atoms with Crippen molar-refractivity contribution in [2.45, 2.75) is 58.8 Å². The molecule has 0 amide bonds. The minimum atomic E-state index is -2.81. The van der Waals surface area contributed by atoms with Gasteiger partial charge >= 0.3 is 0 Å². The minimum absolute atomic E-state index is 0.101. The van der Waals surface area contributed by atoms with Crippen molar-refractivity contribution in [1.29, 1.82) is 0 Å². The number of unbranched alkanes of at least 4 members (excludes halogenated alkanes) is 1. The summed E-state index contributed by atoms with van der Waals surface area (Å²) < 4.78 is 22.9.